The van der Waals surface area contributed by atoms with Crippen molar-refractivity contribution in [3.63, 3.8) is 0 Å². The number of rotatable bonds is 5. The molecule has 7 heteroatoms. The lowest BCUT2D eigenvalue weighted by molar-refractivity contribution is 0.215. The number of piperidine rings is 1. The third-order valence-electron chi connectivity index (χ3n) is 3.58. The summed E-state index contributed by atoms with van der Waals surface area (Å²) in [4.78, 5) is 2.54. The first kappa shape index (κ1) is 16.7. The smallest absolute Gasteiger partial charge is 0.241 e. The number of hydrogen-bond acceptors (Lipinski definition) is 4. The van der Waals surface area contributed by atoms with Gasteiger partial charge in [-0.2, -0.15) is 0 Å². The van der Waals surface area contributed by atoms with Gasteiger partial charge in [0.1, 0.15) is 0 Å². The van der Waals surface area contributed by atoms with Gasteiger partial charge in [-0.15, -0.1) is 0 Å². The highest BCUT2D eigenvalue weighted by Crippen LogP contribution is 2.24. The molecule has 1 saturated heterocycles. The number of nitrogens with zero attached hydrogens (tertiary/aromatic N) is 1. The lowest BCUT2D eigenvalue weighted by Gasteiger charge is -2.29. The molecule has 2 rings (SSSR count). The van der Waals surface area contributed by atoms with Gasteiger partial charge in [0.25, 0.3) is 0 Å². The Morgan fingerprint density at radius 1 is 1.33 bits per heavy atom. The number of nitrogens with one attached hydrogen (secondary N) is 1. The minimum absolute atomic E-state index is 0.127. The first-order valence-electron chi connectivity index (χ1n) is 7.18. The van der Waals surface area contributed by atoms with Crippen molar-refractivity contribution in [1.82, 2.24) is 9.62 Å². The normalized spacial score (nSPS) is 18.6. The van der Waals surface area contributed by atoms with Gasteiger partial charge >= 0.3 is 0 Å². The summed E-state index contributed by atoms with van der Waals surface area (Å²) in [6.07, 6.45) is 3.67. The van der Waals surface area contributed by atoms with Crippen molar-refractivity contribution >= 4 is 31.6 Å². The van der Waals surface area contributed by atoms with Crippen LogP contribution in [-0.4, -0.2) is 39.0 Å². The molecular formula is C14H22BrN3O2S. The van der Waals surface area contributed by atoms with Gasteiger partial charge < -0.3 is 10.6 Å². The van der Waals surface area contributed by atoms with Gasteiger partial charge in [0.15, 0.2) is 0 Å². The molecule has 0 aromatic heterocycles. The van der Waals surface area contributed by atoms with Crippen LogP contribution in [0, 0.1) is 0 Å². The Morgan fingerprint density at radius 2 is 2.00 bits per heavy atom. The summed E-state index contributed by atoms with van der Waals surface area (Å²) in [7, 11) is -3.54. The number of sulfonamides is 1. The van der Waals surface area contributed by atoms with E-state index in [2.05, 4.69) is 25.6 Å². The summed E-state index contributed by atoms with van der Waals surface area (Å²) in [5, 5.41) is 0. The molecule has 0 aliphatic carbocycles. The molecule has 1 fully saturated rings. The summed E-state index contributed by atoms with van der Waals surface area (Å²) in [5.41, 5.74) is 6.17. The number of nitrogen functional groups attached to an aromatic ring is 1. The maximum absolute atomic E-state index is 12.4. The fourth-order valence-electron chi connectivity index (χ4n) is 2.63. The lowest BCUT2D eigenvalue weighted by Crippen LogP contribution is -2.43. The molecule has 1 unspecified atom stereocenters. The maximum Gasteiger partial charge on any atom is 0.241 e. The molecule has 0 bridgehead atoms. The Hall–Kier alpha value is -0.630. The molecule has 0 amide bonds. The van der Waals surface area contributed by atoms with Crippen molar-refractivity contribution in [2.75, 3.05) is 25.4 Å². The molecule has 3 N–H and O–H groups in total. The van der Waals surface area contributed by atoms with Crippen LogP contribution in [0.5, 0.6) is 0 Å². The van der Waals surface area contributed by atoms with E-state index < -0.39 is 10.0 Å². The van der Waals surface area contributed by atoms with Crippen LogP contribution in [0.3, 0.4) is 0 Å². The van der Waals surface area contributed by atoms with Crippen LogP contribution in [0.25, 0.3) is 0 Å². The highest BCUT2D eigenvalue weighted by Gasteiger charge is 2.22. The number of hydrogen-bond donors (Lipinski definition) is 2. The van der Waals surface area contributed by atoms with Gasteiger partial charge in [-0.05, 0) is 67.0 Å². The van der Waals surface area contributed by atoms with Crippen molar-refractivity contribution in [1.29, 1.82) is 0 Å². The average Bonchev–Trinajstić information content (AvgIpc) is 2.38. The van der Waals surface area contributed by atoms with E-state index in [-0.39, 0.29) is 10.9 Å². The molecule has 118 valence electrons. The predicted molar refractivity (Wildman–Crippen MR) is 88.6 cm³/mol. The Labute approximate surface area is 135 Å². The second kappa shape index (κ2) is 7.09. The molecule has 5 nitrogen and oxygen atoms in total. The zero-order valence-electron chi connectivity index (χ0n) is 12.2. The van der Waals surface area contributed by atoms with E-state index in [9.17, 15) is 8.42 Å². The fraction of sp³-hybridized carbons (Fsp3) is 0.571. The van der Waals surface area contributed by atoms with Crippen molar-refractivity contribution in [3.8, 4) is 0 Å². The van der Waals surface area contributed by atoms with E-state index in [1.165, 1.54) is 25.3 Å². The summed E-state index contributed by atoms with van der Waals surface area (Å²) >= 11 is 3.26. The number of halogens is 1. The van der Waals surface area contributed by atoms with Crippen LogP contribution < -0.4 is 10.5 Å². The van der Waals surface area contributed by atoms with Crippen LogP contribution in [0.15, 0.2) is 27.6 Å². The van der Waals surface area contributed by atoms with Gasteiger partial charge in [-0.25, -0.2) is 13.1 Å². The first-order valence-corrected chi connectivity index (χ1v) is 9.46. The predicted octanol–water partition coefficient (Wildman–Crippen LogP) is 2.18. The Bertz CT molecular complexity index is 586. The number of benzene rings is 1. The van der Waals surface area contributed by atoms with Crippen LogP contribution >= 0.6 is 15.9 Å². The lowest BCUT2D eigenvalue weighted by atomic mass is 10.1. The SMILES string of the molecule is CC(CN1CCCCC1)NS(=O)(=O)c1ccc(N)cc1Br. The first-order chi connectivity index (χ1) is 9.88. The number of likely N-dealkylation sites (tertiary alicyclic amines) is 1. The van der Waals surface area contributed by atoms with Crippen molar-refractivity contribution in [2.45, 2.75) is 37.1 Å². The maximum atomic E-state index is 12.4. The highest BCUT2D eigenvalue weighted by molar-refractivity contribution is 9.10. The zero-order chi connectivity index (χ0) is 15.5. The van der Waals surface area contributed by atoms with Crippen molar-refractivity contribution in [2.24, 2.45) is 0 Å². The Morgan fingerprint density at radius 3 is 2.62 bits per heavy atom. The Kier molecular flexibility index (Phi) is 5.65. The van der Waals surface area contributed by atoms with Crippen LogP contribution in [-0.2, 0) is 10.0 Å². The Balaban J connectivity index is 2.02. The third kappa shape index (κ3) is 4.67. The largest absolute Gasteiger partial charge is 0.399 e. The second-order valence-electron chi connectivity index (χ2n) is 5.57. The van der Waals surface area contributed by atoms with E-state index in [4.69, 9.17) is 5.73 Å². The molecular weight excluding hydrogens is 354 g/mol. The van der Waals surface area contributed by atoms with Gasteiger partial charge in [0.05, 0.1) is 4.90 Å². The molecule has 0 saturated carbocycles. The van der Waals surface area contributed by atoms with Crippen LogP contribution in [0.2, 0.25) is 0 Å². The quantitative estimate of drug-likeness (QED) is 0.773. The van der Waals surface area contributed by atoms with E-state index in [1.807, 2.05) is 6.92 Å². The fourth-order valence-corrected chi connectivity index (χ4v) is 4.96. The molecule has 0 radical (unpaired) electrons. The topological polar surface area (TPSA) is 75.4 Å². The average molecular weight is 376 g/mol. The standard InChI is InChI=1S/C14H22BrN3O2S/c1-11(10-18-7-3-2-4-8-18)17-21(19,20)14-6-5-12(16)9-13(14)15/h5-6,9,11,17H,2-4,7-8,10,16H2,1H3. The second-order valence-corrected chi connectivity index (χ2v) is 8.11. The van der Waals surface area contributed by atoms with E-state index in [0.29, 0.717) is 10.2 Å². The zero-order valence-corrected chi connectivity index (χ0v) is 14.6. The summed E-state index contributed by atoms with van der Waals surface area (Å²) in [6.45, 7) is 4.75. The minimum atomic E-state index is -3.54. The molecule has 1 atom stereocenters. The molecule has 1 aliphatic heterocycles. The highest BCUT2D eigenvalue weighted by atomic mass is 79.9. The molecule has 21 heavy (non-hydrogen) atoms. The summed E-state index contributed by atoms with van der Waals surface area (Å²) < 4.78 is 28.1. The van der Waals surface area contributed by atoms with E-state index >= 15 is 0 Å². The minimum Gasteiger partial charge on any atom is -0.399 e. The van der Waals surface area contributed by atoms with Gasteiger partial charge in [0.2, 0.25) is 10.0 Å². The molecule has 0 spiro atoms. The number of nitrogens with two attached hydrogens (primary N) is 1. The molecule has 1 heterocycles. The monoisotopic (exact) mass is 375 g/mol. The van der Waals surface area contributed by atoms with E-state index in [1.54, 1.807) is 12.1 Å². The van der Waals surface area contributed by atoms with Gasteiger partial charge in [0, 0.05) is 22.7 Å². The molecule has 1 aromatic rings. The summed E-state index contributed by atoms with van der Waals surface area (Å²) in [6, 6.07) is 4.59. The molecule has 1 aromatic carbocycles. The van der Waals surface area contributed by atoms with Gasteiger partial charge in [-0.3, -0.25) is 0 Å². The molecule has 1 aliphatic rings. The van der Waals surface area contributed by atoms with E-state index in [0.717, 1.165) is 19.6 Å². The van der Waals surface area contributed by atoms with Gasteiger partial charge in [-0.1, -0.05) is 6.42 Å². The summed E-state index contributed by atoms with van der Waals surface area (Å²) in [5.74, 6) is 0. The third-order valence-corrected chi connectivity index (χ3v) is 6.15. The van der Waals surface area contributed by atoms with Crippen LogP contribution in [0.4, 0.5) is 5.69 Å². The van der Waals surface area contributed by atoms with Crippen LogP contribution in [0.1, 0.15) is 26.2 Å². The number of anilines is 1. The van der Waals surface area contributed by atoms with Crippen molar-refractivity contribution < 1.29 is 8.42 Å². The van der Waals surface area contributed by atoms with Crippen molar-refractivity contribution in [3.05, 3.63) is 22.7 Å².